The minimum Gasteiger partial charge on any atom is -0.494 e. The average Bonchev–Trinajstić information content (AvgIpc) is 2.55. The van der Waals surface area contributed by atoms with E-state index < -0.39 is 17.6 Å². The van der Waals surface area contributed by atoms with E-state index >= 15 is 0 Å². The smallest absolute Gasteiger partial charge is 0.416 e. The number of nitrogens with one attached hydrogen (secondary N) is 1. The number of alkyl halides is 3. The summed E-state index contributed by atoms with van der Waals surface area (Å²) in [7, 11) is 0. The van der Waals surface area contributed by atoms with Crippen LogP contribution in [0.3, 0.4) is 0 Å². The summed E-state index contributed by atoms with van der Waals surface area (Å²) in [5.41, 5.74) is 5.69. The zero-order valence-corrected chi connectivity index (χ0v) is 13.7. The zero-order chi connectivity index (χ0) is 18.4. The first-order valence-corrected chi connectivity index (χ1v) is 7.74. The van der Waals surface area contributed by atoms with Crippen molar-refractivity contribution in [3.05, 3.63) is 59.2 Å². The molecule has 0 aromatic heterocycles. The summed E-state index contributed by atoms with van der Waals surface area (Å²) >= 11 is 0. The van der Waals surface area contributed by atoms with E-state index in [1.807, 2.05) is 6.92 Å². The summed E-state index contributed by atoms with van der Waals surface area (Å²) in [6, 6.07) is 10.3. The minimum absolute atomic E-state index is 0.0423. The molecule has 25 heavy (non-hydrogen) atoms. The Morgan fingerprint density at radius 1 is 1.12 bits per heavy atom. The molecular formula is C18H19F3N2O2. The monoisotopic (exact) mass is 352 g/mol. The molecule has 1 amide bonds. The van der Waals surface area contributed by atoms with Crippen molar-refractivity contribution >= 4 is 11.6 Å². The summed E-state index contributed by atoms with van der Waals surface area (Å²) in [6.07, 6.45) is -4.46. The molecule has 0 fully saturated rings. The summed E-state index contributed by atoms with van der Waals surface area (Å²) < 4.78 is 44.0. The first-order chi connectivity index (χ1) is 11.8. The highest BCUT2D eigenvalue weighted by molar-refractivity contribution is 5.92. The third-order valence-corrected chi connectivity index (χ3v) is 3.44. The van der Waals surface area contributed by atoms with Gasteiger partial charge >= 0.3 is 6.18 Å². The van der Waals surface area contributed by atoms with E-state index in [0.717, 1.165) is 17.7 Å². The molecule has 134 valence electrons. The Morgan fingerprint density at radius 3 is 2.36 bits per heavy atom. The van der Waals surface area contributed by atoms with Gasteiger partial charge in [0.05, 0.1) is 18.6 Å². The van der Waals surface area contributed by atoms with Crippen LogP contribution in [0.4, 0.5) is 18.9 Å². The van der Waals surface area contributed by atoms with Crippen molar-refractivity contribution in [3.8, 4) is 5.75 Å². The molecule has 0 radical (unpaired) electrons. The van der Waals surface area contributed by atoms with Gasteiger partial charge in [-0.25, -0.2) is 0 Å². The number of benzene rings is 2. The number of amides is 1. The topological polar surface area (TPSA) is 64.3 Å². The molecule has 0 aliphatic heterocycles. The maximum Gasteiger partial charge on any atom is 0.416 e. The molecule has 4 nitrogen and oxygen atoms in total. The summed E-state index contributed by atoms with van der Waals surface area (Å²) in [5.74, 6) is 0.281. The van der Waals surface area contributed by atoms with Crippen LogP contribution in [0.1, 0.15) is 23.6 Å². The van der Waals surface area contributed by atoms with E-state index in [1.54, 1.807) is 24.3 Å². The second-order valence-electron chi connectivity index (χ2n) is 5.42. The number of rotatable bonds is 6. The van der Waals surface area contributed by atoms with Crippen molar-refractivity contribution in [2.75, 3.05) is 11.9 Å². The Hall–Kier alpha value is -2.54. The number of hydrogen-bond donors (Lipinski definition) is 2. The van der Waals surface area contributed by atoms with E-state index in [1.165, 1.54) is 6.07 Å². The Kier molecular flexibility index (Phi) is 6.03. The first kappa shape index (κ1) is 18.8. The molecule has 0 atom stereocenters. The Bertz CT molecular complexity index is 728. The lowest BCUT2D eigenvalue weighted by atomic mass is 10.1. The average molecular weight is 352 g/mol. The van der Waals surface area contributed by atoms with Crippen LogP contribution in [0.5, 0.6) is 5.75 Å². The molecule has 3 N–H and O–H groups in total. The SMILES string of the molecule is CCOc1ccc(CC(=O)Nc2cc(CN)cc(C(F)(F)F)c2)cc1. The molecule has 0 saturated carbocycles. The highest BCUT2D eigenvalue weighted by atomic mass is 19.4. The molecule has 0 heterocycles. The number of ether oxygens (including phenoxy) is 1. The van der Waals surface area contributed by atoms with Crippen LogP contribution in [0.15, 0.2) is 42.5 Å². The van der Waals surface area contributed by atoms with Gasteiger partial charge in [0.15, 0.2) is 0 Å². The minimum atomic E-state index is -4.50. The molecular weight excluding hydrogens is 333 g/mol. The number of carbonyl (C=O) groups excluding carboxylic acids is 1. The molecule has 0 saturated heterocycles. The van der Waals surface area contributed by atoms with Gasteiger partial charge < -0.3 is 15.8 Å². The maximum atomic E-state index is 12.9. The van der Waals surface area contributed by atoms with Gasteiger partial charge in [0.25, 0.3) is 0 Å². The van der Waals surface area contributed by atoms with Crippen molar-refractivity contribution in [2.45, 2.75) is 26.1 Å². The lowest BCUT2D eigenvalue weighted by molar-refractivity contribution is -0.137. The molecule has 2 aromatic carbocycles. The number of halogens is 3. The molecule has 0 aliphatic carbocycles. The molecule has 0 unspecified atom stereocenters. The molecule has 0 bridgehead atoms. The van der Waals surface area contributed by atoms with Crippen molar-refractivity contribution in [3.63, 3.8) is 0 Å². The summed E-state index contributed by atoms with van der Waals surface area (Å²) in [4.78, 5) is 12.1. The van der Waals surface area contributed by atoms with Crippen LogP contribution >= 0.6 is 0 Å². The lowest BCUT2D eigenvalue weighted by Gasteiger charge is -2.12. The number of hydrogen-bond acceptors (Lipinski definition) is 3. The van der Waals surface area contributed by atoms with Crippen molar-refractivity contribution in [1.82, 2.24) is 0 Å². The Balaban J connectivity index is 2.09. The molecule has 2 aromatic rings. The number of carbonyl (C=O) groups is 1. The lowest BCUT2D eigenvalue weighted by Crippen LogP contribution is -2.16. The van der Waals surface area contributed by atoms with Gasteiger partial charge in [0, 0.05) is 12.2 Å². The van der Waals surface area contributed by atoms with E-state index in [9.17, 15) is 18.0 Å². The van der Waals surface area contributed by atoms with E-state index in [-0.39, 0.29) is 18.7 Å². The van der Waals surface area contributed by atoms with Crippen LogP contribution in [0.2, 0.25) is 0 Å². The second kappa shape index (κ2) is 8.02. The van der Waals surface area contributed by atoms with Gasteiger partial charge in [0.1, 0.15) is 5.75 Å². The first-order valence-electron chi connectivity index (χ1n) is 7.74. The normalized spacial score (nSPS) is 11.2. The maximum absolute atomic E-state index is 12.9. The van der Waals surface area contributed by atoms with E-state index in [0.29, 0.717) is 17.9 Å². The van der Waals surface area contributed by atoms with Gasteiger partial charge in [-0.2, -0.15) is 13.2 Å². The molecule has 0 aliphatic rings. The van der Waals surface area contributed by atoms with Gasteiger partial charge in [-0.1, -0.05) is 12.1 Å². The largest absolute Gasteiger partial charge is 0.494 e. The molecule has 0 spiro atoms. The summed E-state index contributed by atoms with van der Waals surface area (Å²) in [5, 5.41) is 2.49. The van der Waals surface area contributed by atoms with Crippen molar-refractivity contribution in [2.24, 2.45) is 5.73 Å². The van der Waals surface area contributed by atoms with Crippen LogP contribution in [0, 0.1) is 0 Å². The van der Waals surface area contributed by atoms with Crippen molar-refractivity contribution < 1.29 is 22.7 Å². The zero-order valence-electron chi connectivity index (χ0n) is 13.7. The molecule has 2 rings (SSSR count). The fourth-order valence-electron chi connectivity index (χ4n) is 2.31. The predicted octanol–water partition coefficient (Wildman–Crippen LogP) is 3.74. The van der Waals surface area contributed by atoms with Crippen LogP contribution in [-0.4, -0.2) is 12.5 Å². The highest BCUT2D eigenvalue weighted by Crippen LogP contribution is 2.32. The third-order valence-electron chi connectivity index (χ3n) is 3.44. The van der Waals surface area contributed by atoms with Crippen LogP contribution in [-0.2, 0) is 23.9 Å². The fraction of sp³-hybridized carbons (Fsp3) is 0.278. The van der Waals surface area contributed by atoms with Gasteiger partial charge in [-0.15, -0.1) is 0 Å². The third kappa shape index (κ3) is 5.49. The molecule has 7 heteroatoms. The number of anilines is 1. The number of nitrogens with two attached hydrogens (primary N) is 1. The van der Waals surface area contributed by atoms with Crippen LogP contribution in [0.25, 0.3) is 0 Å². The predicted molar refractivity (Wildman–Crippen MR) is 89.3 cm³/mol. The van der Waals surface area contributed by atoms with E-state index in [4.69, 9.17) is 10.5 Å². The fourth-order valence-corrected chi connectivity index (χ4v) is 2.31. The Morgan fingerprint density at radius 2 is 1.80 bits per heavy atom. The highest BCUT2D eigenvalue weighted by Gasteiger charge is 2.31. The van der Waals surface area contributed by atoms with Crippen LogP contribution < -0.4 is 15.8 Å². The summed E-state index contributed by atoms with van der Waals surface area (Å²) in [6.45, 7) is 2.36. The van der Waals surface area contributed by atoms with Crippen molar-refractivity contribution in [1.29, 1.82) is 0 Å². The Labute approximate surface area is 143 Å². The van der Waals surface area contributed by atoms with Gasteiger partial charge in [-0.05, 0) is 48.4 Å². The van der Waals surface area contributed by atoms with E-state index in [2.05, 4.69) is 5.32 Å². The van der Waals surface area contributed by atoms with Gasteiger partial charge in [0.2, 0.25) is 5.91 Å². The van der Waals surface area contributed by atoms with Gasteiger partial charge in [-0.3, -0.25) is 4.79 Å². The quantitative estimate of drug-likeness (QED) is 0.832. The standard InChI is InChI=1S/C18H19F3N2O2/c1-2-25-16-5-3-12(4-6-16)9-17(24)23-15-8-13(11-22)7-14(10-15)18(19,20)21/h3-8,10H,2,9,11,22H2,1H3,(H,23,24). The second-order valence-corrected chi connectivity index (χ2v) is 5.42.